The molecule has 0 amide bonds. The predicted octanol–water partition coefficient (Wildman–Crippen LogP) is 10.3. The van der Waals surface area contributed by atoms with Crippen molar-refractivity contribution in [2.45, 2.75) is 113 Å². The third-order valence-corrected chi connectivity index (χ3v) is 11.3. The van der Waals surface area contributed by atoms with Crippen molar-refractivity contribution < 1.29 is 18.1 Å². The Hall–Kier alpha value is -2.23. The number of hydrogen-bond donors (Lipinski definition) is 0. The third-order valence-electron chi connectivity index (χ3n) is 9.67. The lowest BCUT2D eigenvalue weighted by Gasteiger charge is -2.36. The van der Waals surface area contributed by atoms with Crippen LogP contribution in [-0.2, 0) is 18.1 Å². The minimum atomic E-state index is -3.70. The van der Waals surface area contributed by atoms with Gasteiger partial charge in [-0.05, 0) is 111 Å². The molecular weight excluding hydrogens is 527 g/mol. The predicted molar refractivity (Wildman–Crippen MR) is 165 cm³/mol. The van der Waals surface area contributed by atoms with Crippen molar-refractivity contribution in [1.29, 1.82) is 0 Å². The van der Waals surface area contributed by atoms with Crippen molar-refractivity contribution >= 4 is 7.82 Å². The van der Waals surface area contributed by atoms with Crippen LogP contribution < -0.4 is 0 Å². The van der Waals surface area contributed by atoms with Gasteiger partial charge in [-0.1, -0.05) is 91.0 Å². The van der Waals surface area contributed by atoms with Crippen LogP contribution in [0.3, 0.4) is 0 Å². The zero-order chi connectivity index (χ0) is 27.9. The van der Waals surface area contributed by atoms with Crippen molar-refractivity contribution in [3.8, 4) is 0 Å². The van der Waals surface area contributed by atoms with Gasteiger partial charge in [0.25, 0.3) is 0 Å². The molecule has 0 radical (unpaired) electrons. The molecule has 0 unspecified atom stereocenters. The molecule has 5 heteroatoms. The van der Waals surface area contributed by atoms with Crippen LogP contribution in [0.1, 0.15) is 111 Å². The molecule has 0 bridgehead atoms. The number of hydrogen-bond acceptors (Lipinski definition) is 4. The first-order chi connectivity index (χ1) is 20.1. The summed E-state index contributed by atoms with van der Waals surface area (Å²) in [6, 6.07) is 32.3. The largest absolute Gasteiger partial charge is 0.475 e. The lowest BCUT2D eigenvalue weighted by Crippen LogP contribution is -2.27. The molecule has 3 aliphatic rings. The molecule has 3 aromatic rings. The van der Waals surface area contributed by atoms with E-state index in [-0.39, 0.29) is 18.3 Å². The fraction of sp³-hybridized carbons (Fsp3) is 0.500. The Morgan fingerprint density at radius 3 is 0.878 bits per heavy atom. The Balaban J connectivity index is 1.08. The monoisotopic (exact) mass is 572 g/mol. The van der Waals surface area contributed by atoms with Gasteiger partial charge in [0.2, 0.25) is 0 Å². The number of rotatable bonds is 9. The molecule has 41 heavy (non-hydrogen) atoms. The van der Waals surface area contributed by atoms with Crippen LogP contribution in [0.25, 0.3) is 0 Å². The lowest BCUT2D eigenvalue weighted by molar-refractivity contribution is 0.00279. The summed E-state index contributed by atoms with van der Waals surface area (Å²) in [5.74, 6) is 1.62. The zero-order valence-corrected chi connectivity index (χ0v) is 25.1. The molecule has 3 aliphatic carbocycles. The molecule has 4 nitrogen and oxygen atoms in total. The number of phosphoric ester groups is 1. The van der Waals surface area contributed by atoms with Gasteiger partial charge in [-0.25, -0.2) is 4.57 Å². The van der Waals surface area contributed by atoms with Gasteiger partial charge in [-0.15, -0.1) is 0 Å². The maximum absolute atomic E-state index is 14.4. The highest BCUT2D eigenvalue weighted by Crippen LogP contribution is 2.57. The molecular formula is C36H45O4P. The molecule has 3 saturated carbocycles. The summed E-state index contributed by atoms with van der Waals surface area (Å²) in [6.45, 7) is 0. The van der Waals surface area contributed by atoms with Crippen molar-refractivity contribution in [1.82, 2.24) is 0 Å². The van der Waals surface area contributed by atoms with E-state index < -0.39 is 7.82 Å². The topological polar surface area (TPSA) is 44.8 Å². The van der Waals surface area contributed by atoms with Gasteiger partial charge in [-0.3, -0.25) is 13.6 Å². The van der Waals surface area contributed by atoms with Crippen LogP contribution in [0.15, 0.2) is 91.0 Å². The Labute approximate surface area is 246 Å². The second-order valence-corrected chi connectivity index (χ2v) is 13.9. The first-order valence-corrected chi connectivity index (χ1v) is 17.4. The van der Waals surface area contributed by atoms with E-state index in [1.807, 2.05) is 0 Å². The first kappa shape index (κ1) is 28.9. The highest BCUT2D eigenvalue weighted by molar-refractivity contribution is 7.48. The number of benzene rings is 3. The molecule has 0 aliphatic heterocycles. The van der Waals surface area contributed by atoms with Crippen LogP contribution >= 0.6 is 7.82 Å². The van der Waals surface area contributed by atoms with Crippen LogP contribution in [-0.4, -0.2) is 18.3 Å². The Kier molecular flexibility index (Phi) is 9.74. The molecule has 0 aromatic heterocycles. The second-order valence-electron chi connectivity index (χ2n) is 12.4. The summed E-state index contributed by atoms with van der Waals surface area (Å²) in [5.41, 5.74) is 4.19. The zero-order valence-electron chi connectivity index (χ0n) is 24.2. The third kappa shape index (κ3) is 7.79. The molecule has 218 valence electrons. The van der Waals surface area contributed by atoms with E-state index in [2.05, 4.69) is 91.0 Å². The van der Waals surface area contributed by atoms with E-state index in [9.17, 15) is 4.57 Å². The molecule has 3 fully saturated rings. The van der Waals surface area contributed by atoms with Gasteiger partial charge in [0, 0.05) is 0 Å². The Morgan fingerprint density at radius 1 is 0.390 bits per heavy atom. The summed E-state index contributed by atoms with van der Waals surface area (Å²) in [6.07, 6.45) is 11.3. The van der Waals surface area contributed by atoms with Crippen molar-refractivity contribution in [2.75, 3.05) is 0 Å². The van der Waals surface area contributed by atoms with E-state index >= 15 is 0 Å². The second kappa shape index (κ2) is 13.8. The normalized spacial score (nSPS) is 30.3. The summed E-state index contributed by atoms with van der Waals surface area (Å²) in [4.78, 5) is 0. The van der Waals surface area contributed by atoms with Gasteiger partial charge in [0.05, 0.1) is 18.3 Å². The molecule has 0 N–H and O–H groups in total. The van der Waals surface area contributed by atoms with Crippen molar-refractivity contribution in [2.24, 2.45) is 0 Å². The molecule has 6 rings (SSSR count). The number of phosphoric acid groups is 1. The van der Waals surface area contributed by atoms with Gasteiger partial charge in [0.15, 0.2) is 0 Å². The van der Waals surface area contributed by atoms with Gasteiger partial charge in [-0.2, -0.15) is 0 Å². The maximum Gasteiger partial charge on any atom is 0.475 e. The van der Waals surface area contributed by atoms with E-state index in [0.717, 1.165) is 77.0 Å². The Morgan fingerprint density at radius 2 is 0.634 bits per heavy atom. The minimum absolute atomic E-state index is 0.0814. The SMILES string of the molecule is O=P(OC1CCC(c2ccccc2)CC1)(OC1CCC(c2ccccc2)CC1)OC1CCC(c2ccccc2)CC1. The molecule has 0 saturated heterocycles. The van der Waals surface area contributed by atoms with Gasteiger partial charge >= 0.3 is 7.82 Å². The molecule has 0 heterocycles. The van der Waals surface area contributed by atoms with Crippen LogP contribution in [0.5, 0.6) is 0 Å². The van der Waals surface area contributed by atoms with Crippen LogP contribution in [0.4, 0.5) is 0 Å². The van der Waals surface area contributed by atoms with Crippen molar-refractivity contribution in [3.05, 3.63) is 108 Å². The highest BCUT2D eigenvalue weighted by atomic mass is 31.2. The maximum atomic E-state index is 14.4. The smallest absolute Gasteiger partial charge is 0.284 e. The van der Waals surface area contributed by atoms with E-state index in [0.29, 0.717) is 17.8 Å². The highest BCUT2D eigenvalue weighted by Gasteiger charge is 2.40. The summed E-state index contributed by atoms with van der Waals surface area (Å²) in [5, 5.41) is 0. The molecule has 0 spiro atoms. The summed E-state index contributed by atoms with van der Waals surface area (Å²) < 4.78 is 33.6. The average molecular weight is 573 g/mol. The molecule has 0 atom stereocenters. The van der Waals surface area contributed by atoms with Crippen LogP contribution in [0, 0.1) is 0 Å². The fourth-order valence-corrected chi connectivity index (χ4v) is 9.18. The van der Waals surface area contributed by atoms with E-state index in [1.54, 1.807) is 0 Å². The fourth-order valence-electron chi connectivity index (χ4n) is 7.30. The quantitative estimate of drug-likeness (QED) is 0.239. The average Bonchev–Trinajstić information content (AvgIpc) is 3.03. The minimum Gasteiger partial charge on any atom is -0.284 e. The van der Waals surface area contributed by atoms with E-state index in [4.69, 9.17) is 13.6 Å². The van der Waals surface area contributed by atoms with Gasteiger partial charge < -0.3 is 0 Å². The van der Waals surface area contributed by atoms with Gasteiger partial charge in [0.1, 0.15) is 0 Å². The Bertz CT molecular complexity index is 1070. The lowest BCUT2D eigenvalue weighted by atomic mass is 9.83. The standard InChI is InChI=1S/C36H45O4P/c37-41(38-34-22-16-31(17-23-34)28-10-4-1-5-11-28,39-35-24-18-32(19-25-35)29-12-6-2-7-13-29)40-36-26-20-33(21-27-36)30-14-8-3-9-15-30/h1-15,31-36H,16-27H2. The summed E-state index contributed by atoms with van der Waals surface area (Å²) >= 11 is 0. The molecule has 3 aromatic carbocycles. The van der Waals surface area contributed by atoms with Crippen molar-refractivity contribution in [3.63, 3.8) is 0 Å². The summed E-state index contributed by atoms with van der Waals surface area (Å²) in [7, 11) is -3.70. The first-order valence-electron chi connectivity index (χ1n) is 15.9. The van der Waals surface area contributed by atoms with Crippen LogP contribution in [0.2, 0.25) is 0 Å². The van der Waals surface area contributed by atoms with E-state index in [1.165, 1.54) is 16.7 Å².